The second-order valence-electron chi connectivity index (χ2n) is 9.06. The lowest BCUT2D eigenvalue weighted by Crippen LogP contribution is -2.40. The molecular weight excluding hydrogens is 346 g/mol. The van der Waals surface area contributed by atoms with E-state index in [0.717, 1.165) is 19.3 Å². The largest absolute Gasteiger partial charge is 0.346 e. The lowest BCUT2D eigenvalue weighted by Gasteiger charge is -2.17. The highest BCUT2D eigenvalue weighted by molar-refractivity contribution is 5.87. The van der Waals surface area contributed by atoms with Gasteiger partial charge in [0.1, 0.15) is 0 Å². The lowest BCUT2D eigenvalue weighted by molar-refractivity contribution is -0.127. The molecule has 0 aliphatic rings. The van der Waals surface area contributed by atoms with Crippen molar-refractivity contribution in [3.63, 3.8) is 0 Å². The Hall–Kier alpha value is -0.860. The molecule has 28 heavy (non-hydrogen) atoms. The molecule has 1 atom stereocenters. The molecule has 0 aromatic carbocycles. The minimum Gasteiger partial charge on any atom is -0.346 e. The van der Waals surface area contributed by atoms with Crippen LogP contribution < -0.4 is 5.32 Å². The number of Topliss-reactive ketones (excluding diaryl/α,β-unsaturated/α-hetero) is 1. The Labute approximate surface area is 175 Å². The SMILES string of the molecule is CCCCCCCCCCCCCCCCCC(=O)NC(CC(C)C)C(C)=O. The van der Waals surface area contributed by atoms with Crippen molar-refractivity contribution in [1.29, 1.82) is 0 Å². The molecule has 0 aliphatic carbocycles. The van der Waals surface area contributed by atoms with Crippen molar-refractivity contribution in [3.8, 4) is 0 Å². The third kappa shape index (κ3) is 18.5. The second kappa shape index (κ2) is 19.5. The van der Waals surface area contributed by atoms with Crippen LogP contribution in [0.25, 0.3) is 0 Å². The topological polar surface area (TPSA) is 46.2 Å². The van der Waals surface area contributed by atoms with Gasteiger partial charge < -0.3 is 5.32 Å². The van der Waals surface area contributed by atoms with Crippen molar-refractivity contribution >= 4 is 11.7 Å². The van der Waals surface area contributed by atoms with Crippen molar-refractivity contribution in [3.05, 3.63) is 0 Å². The smallest absolute Gasteiger partial charge is 0.220 e. The zero-order valence-corrected chi connectivity index (χ0v) is 19.5. The highest BCUT2D eigenvalue weighted by Gasteiger charge is 2.17. The van der Waals surface area contributed by atoms with E-state index in [1.54, 1.807) is 6.92 Å². The Bertz CT molecular complexity index is 379. The zero-order valence-electron chi connectivity index (χ0n) is 19.5. The summed E-state index contributed by atoms with van der Waals surface area (Å²) in [6.07, 6.45) is 21.2. The minimum absolute atomic E-state index is 0.0375. The quantitative estimate of drug-likeness (QED) is 0.219. The summed E-state index contributed by atoms with van der Waals surface area (Å²) in [4.78, 5) is 23.6. The molecule has 166 valence electrons. The van der Waals surface area contributed by atoms with E-state index in [1.165, 1.54) is 83.5 Å². The summed E-state index contributed by atoms with van der Waals surface area (Å²) in [6.45, 7) is 8.00. The normalized spacial score (nSPS) is 12.3. The zero-order chi connectivity index (χ0) is 21.0. The Morgan fingerprint density at radius 2 is 1.07 bits per heavy atom. The summed E-state index contributed by atoms with van der Waals surface area (Å²) in [5.41, 5.74) is 0. The first-order valence-electron chi connectivity index (χ1n) is 12.3. The summed E-state index contributed by atoms with van der Waals surface area (Å²) in [6, 6.07) is -0.302. The van der Waals surface area contributed by atoms with Crippen LogP contribution in [0.15, 0.2) is 0 Å². The fourth-order valence-corrected chi connectivity index (χ4v) is 3.72. The fourth-order valence-electron chi connectivity index (χ4n) is 3.72. The molecule has 0 heterocycles. The molecule has 0 saturated heterocycles. The van der Waals surface area contributed by atoms with Crippen molar-refractivity contribution < 1.29 is 9.59 Å². The maximum atomic E-state index is 12.0. The second-order valence-corrected chi connectivity index (χ2v) is 9.06. The van der Waals surface area contributed by atoms with Gasteiger partial charge in [0, 0.05) is 6.42 Å². The lowest BCUT2D eigenvalue weighted by atomic mass is 10.0. The van der Waals surface area contributed by atoms with Crippen molar-refractivity contribution in [2.45, 2.75) is 143 Å². The van der Waals surface area contributed by atoms with Gasteiger partial charge in [0.05, 0.1) is 6.04 Å². The van der Waals surface area contributed by atoms with Crippen LogP contribution in [0.4, 0.5) is 0 Å². The number of hydrogen-bond acceptors (Lipinski definition) is 2. The van der Waals surface area contributed by atoms with Crippen LogP contribution in [0.2, 0.25) is 0 Å². The summed E-state index contributed by atoms with van der Waals surface area (Å²) >= 11 is 0. The monoisotopic (exact) mass is 395 g/mol. The number of ketones is 1. The number of hydrogen-bond donors (Lipinski definition) is 1. The molecule has 0 aromatic rings. The number of unbranched alkanes of at least 4 members (excludes halogenated alkanes) is 14. The average molecular weight is 396 g/mol. The maximum absolute atomic E-state index is 12.0. The maximum Gasteiger partial charge on any atom is 0.220 e. The predicted molar refractivity (Wildman–Crippen MR) is 122 cm³/mol. The molecule has 0 spiro atoms. The van der Waals surface area contributed by atoms with Gasteiger partial charge in [0.2, 0.25) is 5.91 Å². The van der Waals surface area contributed by atoms with Gasteiger partial charge >= 0.3 is 0 Å². The van der Waals surface area contributed by atoms with E-state index in [2.05, 4.69) is 26.1 Å². The Balaban J connectivity index is 3.40. The van der Waals surface area contributed by atoms with Crippen LogP contribution >= 0.6 is 0 Å². The van der Waals surface area contributed by atoms with Gasteiger partial charge in [-0.2, -0.15) is 0 Å². The van der Waals surface area contributed by atoms with E-state index in [9.17, 15) is 9.59 Å². The number of carbonyl (C=O) groups excluding carboxylic acids is 2. The molecule has 1 amide bonds. The molecule has 0 rings (SSSR count). The summed E-state index contributed by atoms with van der Waals surface area (Å²) in [7, 11) is 0. The molecule has 0 radical (unpaired) electrons. The first-order chi connectivity index (χ1) is 13.5. The van der Waals surface area contributed by atoms with E-state index in [1.807, 2.05) is 0 Å². The van der Waals surface area contributed by atoms with Crippen LogP contribution in [0, 0.1) is 5.92 Å². The van der Waals surface area contributed by atoms with Crippen LogP contribution in [0.5, 0.6) is 0 Å². The molecule has 0 fully saturated rings. The van der Waals surface area contributed by atoms with Crippen LogP contribution in [-0.4, -0.2) is 17.7 Å². The van der Waals surface area contributed by atoms with Gasteiger partial charge in [-0.1, -0.05) is 111 Å². The summed E-state index contributed by atoms with van der Waals surface area (Å²) < 4.78 is 0. The molecule has 0 bridgehead atoms. The Morgan fingerprint density at radius 1 is 0.679 bits per heavy atom. The number of rotatable bonds is 20. The summed E-state index contributed by atoms with van der Waals surface area (Å²) in [5, 5.41) is 2.91. The van der Waals surface area contributed by atoms with E-state index in [4.69, 9.17) is 0 Å². The number of amides is 1. The Morgan fingerprint density at radius 3 is 1.43 bits per heavy atom. The fraction of sp³-hybridized carbons (Fsp3) is 0.920. The van der Waals surface area contributed by atoms with Crippen molar-refractivity contribution in [2.75, 3.05) is 0 Å². The molecule has 0 aliphatic heterocycles. The number of carbonyl (C=O) groups is 2. The minimum atomic E-state index is -0.302. The first-order valence-corrected chi connectivity index (χ1v) is 12.3. The molecule has 0 saturated carbocycles. The molecule has 3 heteroatoms. The Kier molecular flexibility index (Phi) is 18.9. The van der Waals surface area contributed by atoms with Crippen LogP contribution in [0.1, 0.15) is 137 Å². The van der Waals surface area contributed by atoms with Crippen molar-refractivity contribution in [2.24, 2.45) is 5.92 Å². The highest BCUT2D eigenvalue weighted by atomic mass is 16.2. The van der Waals surface area contributed by atoms with E-state index >= 15 is 0 Å². The first kappa shape index (κ1) is 27.1. The standard InChI is InChI=1S/C25H49NO2/c1-5-6-7-8-9-10-11-12-13-14-15-16-17-18-19-20-25(28)26-24(23(4)27)21-22(2)3/h22,24H,5-21H2,1-4H3,(H,26,28). The van der Waals surface area contributed by atoms with Gasteiger partial charge in [-0.15, -0.1) is 0 Å². The van der Waals surface area contributed by atoms with Gasteiger partial charge in [0.25, 0.3) is 0 Å². The molecule has 3 nitrogen and oxygen atoms in total. The number of nitrogens with one attached hydrogen (secondary N) is 1. The molecular formula is C25H49NO2. The molecule has 1 N–H and O–H groups in total. The molecule has 1 unspecified atom stereocenters. The average Bonchev–Trinajstić information content (AvgIpc) is 2.64. The van der Waals surface area contributed by atoms with E-state index in [0.29, 0.717) is 12.3 Å². The van der Waals surface area contributed by atoms with Crippen LogP contribution in [0.3, 0.4) is 0 Å². The van der Waals surface area contributed by atoms with Gasteiger partial charge in [-0.3, -0.25) is 9.59 Å². The molecule has 0 aromatic heterocycles. The van der Waals surface area contributed by atoms with Gasteiger partial charge in [-0.05, 0) is 25.7 Å². The van der Waals surface area contributed by atoms with E-state index in [-0.39, 0.29) is 17.7 Å². The third-order valence-corrected chi connectivity index (χ3v) is 5.54. The van der Waals surface area contributed by atoms with E-state index < -0.39 is 0 Å². The van der Waals surface area contributed by atoms with Crippen molar-refractivity contribution in [1.82, 2.24) is 5.32 Å². The summed E-state index contributed by atoms with van der Waals surface area (Å²) in [5.74, 6) is 0.522. The third-order valence-electron chi connectivity index (χ3n) is 5.54. The van der Waals surface area contributed by atoms with Gasteiger partial charge in [-0.25, -0.2) is 0 Å². The van der Waals surface area contributed by atoms with Gasteiger partial charge in [0.15, 0.2) is 5.78 Å². The highest BCUT2D eigenvalue weighted by Crippen LogP contribution is 2.14. The predicted octanol–water partition coefficient (Wildman–Crippen LogP) is 7.37. The van der Waals surface area contributed by atoms with Crippen LogP contribution in [-0.2, 0) is 9.59 Å².